The Morgan fingerprint density at radius 1 is 1.06 bits per heavy atom. The van der Waals surface area contributed by atoms with Crippen molar-refractivity contribution < 1.29 is 24.2 Å². The van der Waals surface area contributed by atoms with Gasteiger partial charge in [-0.3, -0.25) is 14.3 Å². The van der Waals surface area contributed by atoms with Crippen molar-refractivity contribution in [2.24, 2.45) is 5.92 Å². The molecule has 11 nitrogen and oxygen atoms in total. The van der Waals surface area contributed by atoms with Crippen LogP contribution in [0.1, 0.15) is 40.5 Å². The van der Waals surface area contributed by atoms with Crippen molar-refractivity contribution in [1.29, 1.82) is 0 Å². The first-order valence-corrected chi connectivity index (χ1v) is 21.6. The van der Waals surface area contributed by atoms with Gasteiger partial charge in [0.05, 0.1) is 39.2 Å². The minimum Gasteiger partial charge on any atom is -0.497 e. The van der Waals surface area contributed by atoms with E-state index in [4.69, 9.17) is 26.8 Å². The number of carbonyl (C=O) groups is 2. The average molecular weight is 765 g/mol. The molecule has 2 aliphatic heterocycles. The molecule has 2 amide bonds. The number of aryl methyl sites for hydroxylation is 1. The number of halogens is 1. The fraction of sp³-hybridized carbons (Fsp3) is 0.317. The Morgan fingerprint density at radius 3 is 2.46 bits per heavy atom. The second kappa shape index (κ2) is 15.0. The summed E-state index contributed by atoms with van der Waals surface area (Å²) < 4.78 is 14.5. The van der Waals surface area contributed by atoms with E-state index < -0.39 is 13.7 Å². The molecular weight excluding hydrogens is 720 g/mol. The van der Waals surface area contributed by atoms with Gasteiger partial charge in [-0.2, -0.15) is 0 Å². The van der Waals surface area contributed by atoms with E-state index >= 15 is 4.79 Å². The summed E-state index contributed by atoms with van der Waals surface area (Å²) in [6, 6.07) is 28.2. The maximum Gasteiger partial charge on any atom is 0.264 e. The number of aliphatic hydroxyl groups is 1. The summed E-state index contributed by atoms with van der Waals surface area (Å²) in [5.41, 5.74) is 9.44. The quantitative estimate of drug-likeness (QED) is 0.101. The second-order valence-corrected chi connectivity index (χ2v) is 19.8. The third-order valence-corrected chi connectivity index (χ3v) is 15.7. The van der Waals surface area contributed by atoms with Crippen molar-refractivity contribution in [2.45, 2.75) is 63.2 Å². The molecule has 2 aliphatic rings. The molecule has 5 aromatic rings. The number of hydrogen-bond acceptors (Lipinski definition) is 8. The number of benzene rings is 4. The number of nitrogens with two attached hydrogens (primary N) is 1. The van der Waals surface area contributed by atoms with Crippen LogP contribution >= 0.6 is 11.6 Å². The van der Waals surface area contributed by atoms with E-state index in [9.17, 15) is 9.90 Å². The van der Waals surface area contributed by atoms with E-state index in [-0.39, 0.29) is 36.0 Å². The molecule has 1 aromatic heterocycles. The third kappa shape index (κ3) is 6.90. The Hall–Kier alpha value is -5.01. The van der Waals surface area contributed by atoms with Gasteiger partial charge in [0, 0.05) is 59.2 Å². The number of methoxy groups -OCH3 is 1. The van der Waals surface area contributed by atoms with Gasteiger partial charge in [0.2, 0.25) is 0 Å². The molecule has 3 heterocycles. The number of anilines is 3. The number of nitrogen functional groups attached to an aromatic ring is 1. The summed E-state index contributed by atoms with van der Waals surface area (Å²) in [5, 5.41) is 22.6. The van der Waals surface area contributed by atoms with Gasteiger partial charge in [-0.05, 0) is 84.3 Å². The highest BCUT2D eigenvalue weighted by Crippen LogP contribution is 2.60. The maximum absolute atomic E-state index is 15.1. The molecule has 1 saturated heterocycles. The molecule has 0 bridgehead atoms. The molecule has 0 radical (unpaired) electrons. The van der Waals surface area contributed by atoms with Gasteiger partial charge < -0.3 is 30.5 Å². The lowest BCUT2D eigenvalue weighted by molar-refractivity contribution is -0.146. The van der Waals surface area contributed by atoms with Crippen LogP contribution in [0.25, 0.3) is 0 Å². The van der Waals surface area contributed by atoms with Gasteiger partial charge >= 0.3 is 0 Å². The highest BCUT2D eigenvalue weighted by molar-refractivity contribution is 6.91. The maximum atomic E-state index is 15.1. The number of nitrogens with zero attached hydrogens (tertiary/aromatic N) is 4. The first kappa shape index (κ1) is 37.3. The molecule has 4 aromatic carbocycles. The zero-order valence-electron chi connectivity index (χ0n) is 30.8. The number of nitrogens with one attached hydrogen (secondary N) is 1. The van der Waals surface area contributed by atoms with Crippen molar-refractivity contribution in [3.63, 3.8) is 0 Å². The fourth-order valence-corrected chi connectivity index (χ4v) is 12.6. The lowest BCUT2D eigenvalue weighted by Gasteiger charge is -2.37. The molecule has 280 valence electrons. The minimum atomic E-state index is -2.36. The summed E-state index contributed by atoms with van der Waals surface area (Å²) in [7, 11) is -0.696. The number of ether oxygens (including phenoxy) is 2. The van der Waals surface area contributed by atoms with Crippen LogP contribution in [0, 0.1) is 5.92 Å². The molecular formula is C41H45ClN6O5Si. The Kier molecular flexibility index (Phi) is 10.4. The van der Waals surface area contributed by atoms with E-state index in [1.807, 2.05) is 65.7 Å². The van der Waals surface area contributed by atoms with Crippen LogP contribution in [0.4, 0.5) is 17.1 Å². The Morgan fingerprint density at radius 2 is 1.78 bits per heavy atom. The number of rotatable bonds is 12. The Bertz CT molecular complexity index is 2140. The highest BCUT2D eigenvalue weighted by Gasteiger charge is 2.66. The standard InChI is InChI=1S/C41H45ClN6O5Si/c1-26-38(54(3,4)34-16-14-33(52-2)15-17-34)37(19-21-47-25-32(20-22-49)45-46-47)53-41(26)35-23-29(42)9-18-36(35)48(40(41)51)24-27-5-12-31(13-6-27)44-39(50)28-7-10-30(43)11-8-28/h5-18,23,25-26,37-38,49H,19-22,24,43H2,1-4H3,(H,44,50)/t26-,37+,38-,41+/m1/s1. The second-order valence-electron chi connectivity index (χ2n) is 14.7. The van der Waals surface area contributed by atoms with Gasteiger partial charge in [0.1, 0.15) is 5.75 Å². The van der Waals surface area contributed by atoms with Gasteiger partial charge in [0.25, 0.3) is 11.8 Å². The molecule has 4 N–H and O–H groups in total. The lowest BCUT2D eigenvalue weighted by Crippen LogP contribution is -2.51. The molecule has 0 aliphatic carbocycles. The third-order valence-electron chi connectivity index (χ3n) is 11.1. The van der Waals surface area contributed by atoms with Gasteiger partial charge in [-0.25, -0.2) is 0 Å². The normalized spacial score (nSPS) is 20.7. The van der Waals surface area contributed by atoms with E-state index in [0.29, 0.717) is 47.9 Å². The van der Waals surface area contributed by atoms with Crippen LogP contribution in [-0.2, 0) is 34.6 Å². The summed E-state index contributed by atoms with van der Waals surface area (Å²) >= 11 is 6.69. The van der Waals surface area contributed by atoms with Gasteiger partial charge in [0.15, 0.2) is 5.60 Å². The van der Waals surface area contributed by atoms with Crippen molar-refractivity contribution in [3.8, 4) is 5.75 Å². The Labute approximate surface area is 321 Å². The highest BCUT2D eigenvalue weighted by atomic mass is 35.5. The number of aliphatic hydroxyl groups excluding tert-OH is 1. The summed E-state index contributed by atoms with van der Waals surface area (Å²) in [4.78, 5) is 29.8. The van der Waals surface area contributed by atoms with E-state index in [0.717, 1.165) is 28.3 Å². The summed E-state index contributed by atoms with van der Waals surface area (Å²) in [6.07, 6.45) is 2.62. The van der Waals surface area contributed by atoms with Crippen molar-refractivity contribution >= 4 is 53.7 Å². The van der Waals surface area contributed by atoms with Crippen LogP contribution in [0.5, 0.6) is 5.75 Å². The zero-order chi connectivity index (χ0) is 38.2. The Balaban J connectivity index is 1.20. The number of carbonyl (C=O) groups excluding carboxylic acids is 2. The van der Waals surface area contributed by atoms with Crippen LogP contribution in [0.3, 0.4) is 0 Å². The van der Waals surface area contributed by atoms with Gasteiger partial charge in [-0.1, -0.05) is 66.3 Å². The van der Waals surface area contributed by atoms with E-state index in [2.05, 4.69) is 47.8 Å². The largest absolute Gasteiger partial charge is 0.497 e. The topological polar surface area (TPSA) is 145 Å². The predicted molar refractivity (Wildman–Crippen MR) is 213 cm³/mol. The van der Waals surface area contributed by atoms with Crippen LogP contribution in [0.15, 0.2) is 97.2 Å². The predicted octanol–water partition coefficient (Wildman–Crippen LogP) is 6.16. The molecule has 4 atom stereocenters. The number of amides is 2. The zero-order valence-corrected chi connectivity index (χ0v) is 32.6. The van der Waals surface area contributed by atoms with Crippen LogP contribution in [0.2, 0.25) is 23.7 Å². The average Bonchev–Trinajstić information content (AvgIpc) is 3.81. The first-order valence-electron chi connectivity index (χ1n) is 18.1. The van der Waals surface area contributed by atoms with Crippen LogP contribution < -0.4 is 25.9 Å². The van der Waals surface area contributed by atoms with Crippen molar-refractivity contribution in [3.05, 3.63) is 125 Å². The molecule has 0 unspecified atom stereocenters. The number of fused-ring (bicyclic) bond motifs is 2. The first-order chi connectivity index (χ1) is 25.9. The fourth-order valence-electron chi connectivity index (χ4n) is 8.36. The monoisotopic (exact) mass is 764 g/mol. The van der Waals surface area contributed by atoms with E-state index in [1.165, 1.54) is 5.19 Å². The summed E-state index contributed by atoms with van der Waals surface area (Å²) in [6.45, 7) is 7.70. The lowest BCUT2D eigenvalue weighted by atomic mass is 9.82. The van der Waals surface area contributed by atoms with Crippen molar-refractivity contribution in [1.82, 2.24) is 15.0 Å². The van der Waals surface area contributed by atoms with Crippen LogP contribution in [-0.4, -0.2) is 59.8 Å². The minimum absolute atomic E-state index is 0.00000437. The molecule has 13 heteroatoms. The van der Waals surface area contributed by atoms with Gasteiger partial charge in [-0.15, -0.1) is 5.10 Å². The van der Waals surface area contributed by atoms with Crippen molar-refractivity contribution in [2.75, 3.05) is 29.7 Å². The smallest absolute Gasteiger partial charge is 0.264 e. The molecule has 0 saturated carbocycles. The molecule has 54 heavy (non-hydrogen) atoms. The van der Waals surface area contributed by atoms with E-state index in [1.54, 1.807) is 36.1 Å². The molecule has 1 spiro atoms. The molecule has 7 rings (SSSR count). The number of aromatic nitrogens is 3. The summed E-state index contributed by atoms with van der Waals surface area (Å²) in [5.74, 6) is 0.232. The number of hydrogen-bond donors (Lipinski definition) is 3. The SMILES string of the molecule is COc1ccc([Si](C)(C)[C@H]2[C@H](CCn3cc(CCO)nn3)O[C@@]3(C(=O)N(Cc4ccc(NC(=O)c5ccc(N)cc5)cc4)c4ccc(Cl)cc43)[C@@H]2C)cc1. The molecule has 1 fully saturated rings.